The topological polar surface area (TPSA) is 290 Å². The van der Waals surface area contributed by atoms with Crippen LogP contribution in [0.3, 0.4) is 0 Å². The number of unbranched alkanes of at least 4 members (excludes halogenated alkanes) is 7. The number of allylic oxidation sites excluding steroid dienone is 6. The monoisotopic (exact) mass is 866 g/mol. The molecule has 4 aromatic carbocycles. The van der Waals surface area contributed by atoms with Gasteiger partial charge in [-0.3, -0.25) is 9.59 Å². The molecule has 16 heteroatoms. The van der Waals surface area contributed by atoms with Gasteiger partial charge in [-0.1, -0.05) is 75.5 Å². The van der Waals surface area contributed by atoms with Crippen LogP contribution < -0.4 is 16.7 Å². The summed E-state index contributed by atoms with van der Waals surface area (Å²) >= 11 is 0. The molecule has 0 aliphatic carbocycles. The Morgan fingerprint density at radius 2 is 1.11 bits per heavy atom. The van der Waals surface area contributed by atoms with Gasteiger partial charge in [0.15, 0.2) is 39.6 Å². The van der Waals surface area contributed by atoms with E-state index in [1.165, 1.54) is 56.4 Å². The number of carbonyl (C=O) groups is 1. The molecule has 0 saturated heterocycles. The van der Waals surface area contributed by atoms with Crippen LogP contribution in [0.1, 0.15) is 71.1 Å². The largest absolute Gasteiger partial charge is 0.508 e. The third kappa shape index (κ3) is 11.3. The second-order valence-corrected chi connectivity index (χ2v) is 14.4. The summed E-state index contributed by atoms with van der Waals surface area (Å²) in [6.07, 6.45) is 23.3. The maximum atomic E-state index is 12.0. The molecular formula is C47H46O16. The van der Waals surface area contributed by atoms with E-state index in [0.717, 1.165) is 49.9 Å². The van der Waals surface area contributed by atoms with Crippen molar-refractivity contribution in [2.45, 2.75) is 71.1 Å². The molecule has 16 nitrogen and oxygen atoms in total. The lowest BCUT2D eigenvalue weighted by atomic mass is 10.0. The minimum absolute atomic E-state index is 0.00597. The van der Waals surface area contributed by atoms with Crippen molar-refractivity contribution >= 4 is 49.6 Å². The van der Waals surface area contributed by atoms with Gasteiger partial charge in [0.1, 0.15) is 28.2 Å². The number of carboxylic acid groups (broad SMARTS) is 1. The van der Waals surface area contributed by atoms with Gasteiger partial charge >= 0.3 is 17.2 Å². The molecule has 3 aromatic heterocycles. The van der Waals surface area contributed by atoms with Crippen LogP contribution in [-0.4, -0.2) is 51.9 Å². The van der Waals surface area contributed by atoms with Crippen LogP contribution in [0.4, 0.5) is 0 Å². The highest BCUT2D eigenvalue weighted by Crippen LogP contribution is 2.44. The van der Waals surface area contributed by atoms with Crippen LogP contribution >= 0.6 is 0 Å². The summed E-state index contributed by atoms with van der Waals surface area (Å²) in [5.74, 6) is -4.56. The van der Waals surface area contributed by atoms with E-state index in [1.54, 1.807) is 0 Å². The molecule has 0 atom stereocenters. The van der Waals surface area contributed by atoms with Gasteiger partial charge in [0.05, 0.1) is 10.8 Å². The average Bonchev–Trinajstić information content (AvgIpc) is 3.23. The third-order valence-electron chi connectivity index (χ3n) is 9.70. The molecule has 0 spiro atoms. The lowest BCUT2D eigenvalue weighted by Gasteiger charge is -2.10. The molecule has 0 amide bonds. The van der Waals surface area contributed by atoms with Gasteiger partial charge in [-0.2, -0.15) is 0 Å². The van der Waals surface area contributed by atoms with Crippen LogP contribution in [0.5, 0.6) is 46.0 Å². The second-order valence-electron chi connectivity index (χ2n) is 14.4. The number of aliphatic carboxylic acids is 1. The Hall–Kier alpha value is -7.88. The van der Waals surface area contributed by atoms with Crippen LogP contribution in [0.15, 0.2) is 113 Å². The normalized spacial score (nSPS) is 11.6. The third-order valence-corrected chi connectivity index (χ3v) is 9.70. The minimum atomic E-state index is -0.941. The fraction of sp³-hybridized carbons (Fsp3) is 0.234. The number of phenolic OH excluding ortho intramolecular Hbond substituents is 8. The predicted molar refractivity (Wildman–Crippen MR) is 235 cm³/mol. The Labute approximate surface area is 357 Å². The molecule has 330 valence electrons. The first-order chi connectivity index (χ1) is 30.1. The molecule has 7 aromatic rings. The molecule has 63 heavy (non-hydrogen) atoms. The van der Waals surface area contributed by atoms with Gasteiger partial charge in [0.2, 0.25) is 11.5 Å². The van der Waals surface area contributed by atoms with Crippen LogP contribution in [-0.2, 0) is 4.79 Å². The molecule has 9 N–H and O–H groups in total. The quantitative estimate of drug-likeness (QED) is 0.0162. The maximum absolute atomic E-state index is 12.0. The van der Waals surface area contributed by atoms with Gasteiger partial charge in [0.25, 0.3) is 0 Å². The molecule has 0 unspecified atom stereocenters. The Kier molecular flexibility index (Phi) is 15.5. The molecule has 0 aliphatic heterocycles. The van der Waals surface area contributed by atoms with E-state index in [-0.39, 0.29) is 61.3 Å². The predicted octanol–water partition coefficient (Wildman–Crippen LogP) is 9.26. The minimum Gasteiger partial charge on any atom is -0.508 e. The van der Waals surface area contributed by atoms with Gasteiger partial charge in [-0.15, -0.1) is 0 Å². The first-order valence-electron chi connectivity index (χ1n) is 20.0. The molecule has 0 radical (unpaired) electrons. The van der Waals surface area contributed by atoms with Crippen molar-refractivity contribution in [3.63, 3.8) is 0 Å². The number of fused-ring (bicyclic) bond motifs is 1. The standard InChI is InChI=1S/C18H30O2.C15H10O6.C14H6O8/c1-2-3-4-5-6-7-8-9-10-11-12-13-14-15-16-17-18(19)20;16-8-4-11(19)15-12(20)6-13(21-14(15)5-8)7-1-2-9(17)10(18)3-7;15-5-1-3-7-8-4(14(20)22-11(7)9(5)17)2-6(16)10(18)12(8)21-13(3)19/h5-10H,2-4,11-17H2,1H3,(H,19,20);1-6,16-19H;1-2,15-18H/b6-5-,8-7+,10-9-;;. The molecule has 7 rings (SSSR count). The highest BCUT2D eigenvalue weighted by Gasteiger charge is 2.25. The smallest absolute Gasteiger partial charge is 0.344 e. The zero-order chi connectivity index (χ0) is 45.8. The summed E-state index contributed by atoms with van der Waals surface area (Å²) in [5.41, 5.74) is -2.80. The average molecular weight is 867 g/mol. The van der Waals surface area contributed by atoms with Crippen molar-refractivity contribution in [3.8, 4) is 57.3 Å². The lowest BCUT2D eigenvalue weighted by Crippen LogP contribution is -2.06. The fourth-order valence-corrected chi connectivity index (χ4v) is 6.52. The lowest BCUT2D eigenvalue weighted by molar-refractivity contribution is -0.137. The Morgan fingerprint density at radius 3 is 1.67 bits per heavy atom. The number of benzene rings is 4. The molecule has 0 bridgehead atoms. The zero-order valence-corrected chi connectivity index (χ0v) is 34.0. The number of hydrogen-bond acceptors (Lipinski definition) is 15. The van der Waals surface area contributed by atoms with E-state index in [2.05, 4.69) is 43.4 Å². The van der Waals surface area contributed by atoms with E-state index in [4.69, 9.17) is 18.4 Å². The summed E-state index contributed by atoms with van der Waals surface area (Å²) in [4.78, 5) is 46.3. The Bertz CT molecular complexity index is 2910. The Morgan fingerprint density at radius 1 is 0.556 bits per heavy atom. The van der Waals surface area contributed by atoms with Gasteiger partial charge in [-0.25, -0.2) is 9.59 Å². The molecule has 0 fully saturated rings. The van der Waals surface area contributed by atoms with E-state index in [1.807, 2.05) is 0 Å². The van der Waals surface area contributed by atoms with Crippen molar-refractivity contribution in [1.29, 1.82) is 0 Å². The van der Waals surface area contributed by atoms with Crippen LogP contribution in [0.2, 0.25) is 0 Å². The molecule has 0 aliphatic rings. The Balaban J connectivity index is 0.000000179. The highest BCUT2D eigenvalue weighted by molar-refractivity contribution is 6.22. The number of carboxylic acids is 1. The number of rotatable bonds is 14. The molecule has 3 heterocycles. The summed E-state index contributed by atoms with van der Waals surface area (Å²) in [7, 11) is 0. The number of hydrogen-bond donors (Lipinski definition) is 9. The second kappa shape index (κ2) is 21.1. The SMILES string of the molecule is CCCC\C=C/C=C/C=C\CCCCCCCC(=O)O.O=c1cc(-c2ccc(O)c(O)c2)oc2cc(O)cc(O)c12.O=c1oc2c(O)c(O)cc3c(=O)oc4c(O)c(O)cc1c4c23. The summed E-state index contributed by atoms with van der Waals surface area (Å²) in [6.45, 7) is 2.21. The molecule has 0 saturated carbocycles. The van der Waals surface area contributed by atoms with E-state index in [9.17, 15) is 60.0 Å². The van der Waals surface area contributed by atoms with Crippen molar-refractivity contribution in [3.05, 3.63) is 116 Å². The zero-order valence-electron chi connectivity index (χ0n) is 34.0. The van der Waals surface area contributed by atoms with Crippen molar-refractivity contribution in [1.82, 2.24) is 0 Å². The van der Waals surface area contributed by atoms with Crippen molar-refractivity contribution < 1.29 is 64.0 Å². The first kappa shape index (κ1) is 46.2. The van der Waals surface area contributed by atoms with Gasteiger partial charge in [0, 0.05) is 41.0 Å². The summed E-state index contributed by atoms with van der Waals surface area (Å²) in [5, 5.41) is 85.0. The van der Waals surface area contributed by atoms with Crippen LogP contribution in [0.25, 0.3) is 55.0 Å². The van der Waals surface area contributed by atoms with E-state index >= 15 is 0 Å². The van der Waals surface area contributed by atoms with Gasteiger partial charge in [-0.05, 0) is 56.0 Å². The van der Waals surface area contributed by atoms with E-state index in [0.29, 0.717) is 12.0 Å². The fourth-order valence-electron chi connectivity index (χ4n) is 6.52. The number of aromatic hydroxyl groups is 8. The van der Waals surface area contributed by atoms with Crippen LogP contribution in [0, 0.1) is 0 Å². The van der Waals surface area contributed by atoms with Gasteiger partial charge < -0.3 is 59.2 Å². The highest BCUT2D eigenvalue weighted by atomic mass is 16.4. The van der Waals surface area contributed by atoms with E-state index < -0.39 is 56.8 Å². The maximum Gasteiger partial charge on any atom is 0.344 e. The van der Waals surface area contributed by atoms with Crippen molar-refractivity contribution in [2.24, 2.45) is 0 Å². The first-order valence-corrected chi connectivity index (χ1v) is 20.0. The number of phenols is 8. The summed E-state index contributed by atoms with van der Waals surface area (Å²) < 4.78 is 15.3. The summed E-state index contributed by atoms with van der Waals surface area (Å²) in [6, 6.07) is 9.30. The molecular weight excluding hydrogens is 821 g/mol. The van der Waals surface area contributed by atoms with Crippen molar-refractivity contribution in [2.75, 3.05) is 0 Å².